The molecule has 0 aliphatic heterocycles. The smallest absolute Gasteiger partial charge is 0.146 e. The Kier molecular flexibility index (Phi) is 6.11. The minimum absolute atomic E-state index is 0.210. The average Bonchev–Trinajstić information content (AvgIpc) is 3.68. The van der Waals surface area contributed by atoms with Gasteiger partial charge in [0.05, 0.1) is 5.39 Å². The van der Waals surface area contributed by atoms with Gasteiger partial charge in [-0.3, -0.25) is 0 Å². The molecule has 0 unspecified atom stereocenters. The van der Waals surface area contributed by atoms with E-state index < -0.39 is 5.82 Å². The second-order valence-corrected chi connectivity index (χ2v) is 9.76. The maximum Gasteiger partial charge on any atom is 0.146 e. The number of nitrogen functional groups attached to an aromatic ring is 1. The molecule has 0 spiro atoms. The number of nitrogens with two attached hydrogens (primary N) is 1. The highest BCUT2D eigenvalue weighted by atomic mass is 19.1. The maximum absolute atomic E-state index is 14.3. The van der Waals surface area contributed by atoms with Gasteiger partial charge in [-0.15, -0.1) is 0 Å². The van der Waals surface area contributed by atoms with Gasteiger partial charge in [0.2, 0.25) is 0 Å². The predicted molar refractivity (Wildman–Crippen MR) is 143 cm³/mol. The van der Waals surface area contributed by atoms with Gasteiger partial charge in [0.1, 0.15) is 53.3 Å². The third kappa shape index (κ3) is 4.87. The lowest BCUT2D eigenvalue weighted by atomic mass is 10.1. The second-order valence-electron chi connectivity index (χ2n) is 9.76. The Bertz CT molecular complexity index is 1590. The summed E-state index contributed by atoms with van der Waals surface area (Å²) in [5.41, 5.74) is 9.71. The number of anilines is 1. The number of rotatable bonds is 8. The first kappa shape index (κ1) is 23.8. The van der Waals surface area contributed by atoms with Crippen LogP contribution in [0.5, 0.6) is 17.2 Å². The largest absolute Gasteiger partial charge is 0.489 e. The van der Waals surface area contributed by atoms with Crippen molar-refractivity contribution >= 4 is 16.9 Å². The molecule has 1 aliphatic rings. The van der Waals surface area contributed by atoms with Crippen molar-refractivity contribution in [2.24, 2.45) is 0 Å². The van der Waals surface area contributed by atoms with E-state index in [2.05, 4.69) is 38.4 Å². The Morgan fingerprint density at radius 3 is 2.42 bits per heavy atom. The third-order valence-corrected chi connectivity index (χ3v) is 6.51. The van der Waals surface area contributed by atoms with E-state index in [9.17, 15) is 4.39 Å². The summed E-state index contributed by atoms with van der Waals surface area (Å²) in [6, 6.07) is 12.0. The fourth-order valence-corrected chi connectivity index (χ4v) is 4.40. The first-order valence-corrected chi connectivity index (χ1v) is 12.6. The molecule has 2 aromatic carbocycles. The van der Waals surface area contributed by atoms with Crippen LogP contribution in [0.15, 0.2) is 67.4 Å². The zero-order valence-corrected chi connectivity index (χ0v) is 21.1. The van der Waals surface area contributed by atoms with Crippen LogP contribution >= 0.6 is 0 Å². The van der Waals surface area contributed by atoms with Gasteiger partial charge >= 0.3 is 0 Å². The van der Waals surface area contributed by atoms with Crippen LogP contribution in [0.2, 0.25) is 0 Å². The van der Waals surface area contributed by atoms with Crippen LogP contribution in [0, 0.1) is 5.82 Å². The topological polar surface area (TPSA) is 101 Å². The minimum atomic E-state index is -0.452. The molecule has 1 fully saturated rings. The van der Waals surface area contributed by atoms with Crippen molar-refractivity contribution in [2.75, 3.05) is 5.73 Å². The lowest BCUT2D eigenvalue weighted by Gasteiger charge is -2.11. The van der Waals surface area contributed by atoms with E-state index in [1.165, 1.54) is 18.5 Å². The normalized spacial score (nSPS) is 13.3. The fraction of sp³-hybridized carbons (Fsp3) is 0.241. The Hall–Kier alpha value is -4.53. The van der Waals surface area contributed by atoms with Gasteiger partial charge in [0, 0.05) is 59.9 Å². The molecule has 0 radical (unpaired) electrons. The summed E-state index contributed by atoms with van der Waals surface area (Å²) in [4.78, 5) is 17.4. The molecule has 1 saturated carbocycles. The Labute approximate surface area is 219 Å². The van der Waals surface area contributed by atoms with Crippen molar-refractivity contribution in [2.45, 2.75) is 45.3 Å². The number of aromatic nitrogens is 5. The maximum atomic E-state index is 14.3. The third-order valence-electron chi connectivity index (χ3n) is 6.51. The first-order valence-electron chi connectivity index (χ1n) is 12.6. The van der Waals surface area contributed by atoms with E-state index in [1.54, 1.807) is 18.5 Å². The molecule has 0 amide bonds. The van der Waals surface area contributed by atoms with Crippen molar-refractivity contribution in [3.05, 3.63) is 84.6 Å². The molecule has 0 bridgehead atoms. The number of nitrogens with zero attached hydrogens (tertiary/aromatic N) is 5. The van der Waals surface area contributed by atoms with Crippen LogP contribution in [0.25, 0.3) is 22.2 Å². The van der Waals surface area contributed by atoms with E-state index in [0.717, 1.165) is 46.4 Å². The van der Waals surface area contributed by atoms with Crippen molar-refractivity contribution in [1.29, 1.82) is 0 Å². The van der Waals surface area contributed by atoms with E-state index in [-0.39, 0.29) is 12.6 Å². The molecule has 9 heteroatoms. The molecule has 1 aliphatic carbocycles. The predicted octanol–water partition coefficient (Wildman–Crippen LogP) is 6.44. The highest BCUT2D eigenvalue weighted by Gasteiger charge is 2.26. The lowest BCUT2D eigenvalue weighted by Crippen LogP contribution is -2.00. The van der Waals surface area contributed by atoms with Gasteiger partial charge in [-0.25, -0.2) is 24.3 Å². The number of benzene rings is 2. The van der Waals surface area contributed by atoms with Gasteiger partial charge in [-0.1, -0.05) is 12.1 Å². The molecule has 5 aromatic rings. The second kappa shape index (κ2) is 9.74. The van der Waals surface area contributed by atoms with Gasteiger partial charge in [0.25, 0.3) is 0 Å². The van der Waals surface area contributed by atoms with E-state index in [1.807, 2.05) is 30.5 Å². The monoisotopic (exact) mass is 510 g/mol. The first-order chi connectivity index (χ1) is 18.4. The van der Waals surface area contributed by atoms with Crippen molar-refractivity contribution < 1.29 is 13.9 Å². The molecule has 192 valence electrons. The van der Waals surface area contributed by atoms with E-state index >= 15 is 0 Å². The van der Waals surface area contributed by atoms with Crippen LogP contribution in [-0.2, 0) is 6.61 Å². The van der Waals surface area contributed by atoms with E-state index in [0.29, 0.717) is 29.0 Å². The SMILES string of the molecule is CC(C)n1cc(-c2ccc(Oc3cc(F)cc(OCc4cnc(C5CC5)nc4)c3)cc2)c2c(N)ncnc21. The molecular formula is C29H27FN6O2. The van der Waals surface area contributed by atoms with Crippen molar-refractivity contribution in [1.82, 2.24) is 24.5 Å². The molecule has 3 aromatic heterocycles. The van der Waals surface area contributed by atoms with Gasteiger partial charge < -0.3 is 19.8 Å². The van der Waals surface area contributed by atoms with Crippen molar-refractivity contribution in [3.8, 4) is 28.4 Å². The summed E-state index contributed by atoms with van der Waals surface area (Å²) in [7, 11) is 0. The minimum Gasteiger partial charge on any atom is -0.489 e. The summed E-state index contributed by atoms with van der Waals surface area (Å²) in [6.45, 7) is 4.42. The Morgan fingerprint density at radius 2 is 1.71 bits per heavy atom. The van der Waals surface area contributed by atoms with Crippen LogP contribution in [0.4, 0.5) is 10.2 Å². The van der Waals surface area contributed by atoms with Crippen LogP contribution < -0.4 is 15.2 Å². The Balaban J connectivity index is 1.18. The zero-order valence-electron chi connectivity index (χ0n) is 21.1. The van der Waals surface area contributed by atoms with Crippen molar-refractivity contribution in [3.63, 3.8) is 0 Å². The number of hydrogen-bond donors (Lipinski definition) is 1. The van der Waals surface area contributed by atoms with Crippen LogP contribution in [0.1, 0.15) is 50.0 Å². The molecular weight excluding hydrogens is 483 g/mol. The average molecular weight is 511 g/mol. The molecule has 0 atom stereocenters. The van der Waals surface area contributed by atoms with Gasteiger partial charge in [-0.05, 0) is 44.4 Å². The van der Waals surface area contributed by atoms with Gasteiger partial charge in [-0.2, -0.15) is 0 Å². The Morgan fingerprint density at radius 1 is 0.974 bits per heavy atom. The molecule has 38 heavy (non-hydrogen) atoms. The van der Waals surface area contributed by atoms with Gasteiger partial charge in [0.15, 0.2) is 0 Å². The number of hydrogen-bond acceptors (Lipinski definition) is 7. The standard InChI is InChI=1S/C29H27FN6O2/c1-17(2)36-14-25(26-27(31)34-16-35-29(26)36)19-5-7-22(8-6-19)38-24-10-21(30)9-23(11-24)37-15-18-12-32-28(33-13-18)20-3-4-20/h5-14,16-17,20H,3-4,15H2,1-2H3,(H2,31,34,35). The lowest BCUT2D eigenvalue weighted by molar-refractivity contribution is 0.301. The summed E-state index contributed by atoms with van der Waals surface area (Å²) >= 11 is 0. The molecule has 6 rings (SSSR count). The molecule has 2 N–H and O–H groups in total. The zero-order chi connectivity index (χ0) is 26.2. The summed E-state index contributed by atoms with van der Waals surface area (Å²) in [5.74, 6) is 2.61. The summed E-state index contributed by atoms with van der Waals surface area (Å²) < 4.78 is 28.2. The summed E-state index contributed by atoms with van der Waals surface area (Å²) in [6.07, 6.45) is 9.34. The van der Waals surface area contributed by atoms with E-state index in [4.69, 9.17) is 15.2 Å². The number of halogens is 1. The quantitative estimate of drug-likeness (QED) is 0.256. The van der Waals surface area contributed by atoms with Crippen LogP contribution in [-0.4, -0.2) is 24.5 Å². The summed E-state index contributed by atoms with van der Waals surface area (Å²) in [5, 5.41) is 0.814. The highest BCUT2D eigenvalue weighted by Crippen LogP contribution is 2.38. The number of fused-ring (bicyclic) bond motifs is 1. The molecule has 0 saturated heterocycles. The van der Waals surface area contributed by atoms with Crippen LogP contribution in [0.3, 0.4) is 0 Å². The highest BCUT2D eigenvalue weighted by molar-refractivity contribution is 6.00. The molecule has 3 heterocycles. The molecule has 8 nitrogen and oxygen atoms in total. The fourth-order valence-electron chi connectivity index (χ4n) is 4.40. The number of ether oxygens (including phenoxy) is 2.